The van der Waals surface area contributed by atoms with Crippen LogP contribution in [0.15, 0.2) is 64.6 Å². The van der Waals surface area contributed by atoms with Crippen molar-refractivity contribution in [1.29, 1.82) is 5.26 Å². The molecule has 0 saturated carbocycles. The summed E-state index contributed by atoms with van der Waals surface area (Å²) in [5, 5.41) is 13.6. The second-order valence-electron chi connectivity index (χ2n) is 6.92. The molecule has 32 heavy (non-hydrogen) atoms. The molecule has 2 aromatic heterocycles. The summed E-state index contributed by atoms with van der Waals surface area (Å²) in [5.74, 6) is -0.902. The summed E-state index contributed by atoms with van der Waals surface area (Å²) in [5.41, 5.74) is 4.10. The molecule has 2 heterocycles. The Bertz CT molecular complexity index is 1300. The van der Waals surface area contributed by atoms with Crippen LogP contribution in [0, 0.1) is 11.3 Å². The van der Waals surface area contributed by atoms with Gasteiger partial charge >= 0.3 is 5.97 Å². The number of carbonyl (C=O) groups excluding carboxylic acids is 2. The number of fused-ring (bicyclic) bond motifs is 1. The van der Waals surface area contributed by atoms with Crippen molar-refractivity contribution in [2.45, 2.75) is 13.0 Å². The average molecular weight is 509 g/mol. The third kappa shape index (κ3) is 5.04. The van der Waals surface area contributed by atoms with Crippen molar-refractivity contribution in [1.82, 2.24) is 14.7 Å². The number of benzene rings is 2. The Kier molecular flexibility index (Phi) is 6.63. The minimum Gasteiger partial charge on any atom is -0.455 e. The summed E-state index contributed by atoms with van der Waals surface area (Å²) in [6.45, 7) is -0.103. The van der Waals surface area contributed by atoms with E-state index in [1.54, 1.807) is 30.5 Å². The van der Waals surface area contributed by atoms with Gasteiger partial charge in [0, 0.05) is 9.85 Å². The molecule has 4 aromatic rings. The monoisotopic (exact) mass is 508 g/mol. The van der Waals surface area contributed by atoms with Gasteiger partial charge in [-0.1, -0.05) is 40.2 Å². The number of thiazole rings is 1. The van der Waals surface area contributed by atoms with Crippen LogP contribution in [0.4, 0.5) is 0 Å². The fraction of sp³-hybridized carbons (Fsp3) is 0.130. The first-order valence-electron chi connectivity index (χ1n) is 9.64. The molecule has 1 amide bonds. The standard InChI is InChI=1S/C23H17BrN4O3S/c24-18-7-5-17(6-8-18)20-14-32-23-27-12-19(28(20)23)11-26-21(29)13-31-22(30)9-15-1-3-16(10-25)4-2-15/h1-8,12,14H,9,11,13H2,(H,26,29). The van der Waals surface area contributed by atoms with E-state index in [4.69, 9.17) is 10.00 Å². The highest BCUT2D eigenvalue weighted by molar-refractivity contribution is 9.10. The Balaban J connectivity index is 1.33. The third-order valence-electron chi connectivity index (χ3n) is 4.72. The number of nitrogens with zero attached hydrogens (tertiary/aromatic N) is 3. The van der Waals surface area contributed by atoms with Crippen molar-refractivity contribution in [2.75, 3.05) is 6.61 Å². The number of carbonyl (C=O) groups is 2. The van der Waals surface area contributed by atoms with Crippen LogP contribution >= 0.6 is 27.3 Å². The molecule has 0 bridgehead atoms. The summed E-state index contributed by atoms with van der Waals surface area (Å²) in [6, 6.07) is 16.6. The first-order chi connectivity index (χ1) is 15.5. The molecular weight excluding hydrogens is 492 g/mol. The maximum absolute atomic E-state index is 12.2. The average Bonchev–Trinajstić information content (AvgIpc) is 3.40. The van der Waals surface area contributed by atoms with Crippen LogP contribution in [0.25, 0.3) is 16.2 Å². The van der Waals surface area contributed by atoms with Crippen LogP contribution in [-0.2, 0) is 27.3 Å². The van der Waals surface area contributed by atoms with Gasteiger partial charge in [0.05, 0.1) is 42.2 Å². The van der Waals surface area contributed by atoms with Crippen molar-refractivity contribution in [3.05, 3.63) is 81.4 Å². The predicted octanol–water partition coefficient (Wildman–Crippen LogP) is 4.10. The van der Waals surface area contributed by atoms with Gasteiger partial charge in [-0.2, -0.15) is 5.26 Å². The number of hydrogen-bond acceptors (Lipinski definition) is 6. The lowest BCUT2D eigenvalue weighted by Crippen LogP contribution is -2.29. The summed E-state index contributed by atoms with van der Waals surface area (Å²) in [7, 11) is 0. The quantitative estimate of drug-likeness (QED) is 0.379. The van der Waals surface area contributed by atoms with Gasteiger partial charge in [-0.3, -0.25) is 14.0 Å². The number of rotatable bonds is 7. The smallest absolute Gasteiger partial charge is 0.310 e. The number of nitrogens with one attached hydrogen (secondary N) is 1. The number of esters is 1. The zero-order valence-electron chi connectivity index (χ0n) is 16.7. The van der Waals surface area contributed by atoms with Gasteiger partial charge < -0.3 is 10.1 Å². The van der Waals surface area contributed by atoms with Crippen LogP contribution in [-0.4, -0.2) is 27.9 Å². The van der Waals surface area contributed by atoms with Gasteiger partial charge in [-0.25, -0.2) is 4.98 Å². The zero-order chi connectivity index (χ0) is 22.5. The molecule has 0 atom stereocenters. The van der Waals surface area contributed by atoms with E-state index in [0.717, 1.165) is 26.4 Å². The first-order valence-corrected chi connectivity index (χ1v) is 11.3. The van der Waals surface area contributed by atoms with Crippen molar-refractivity contribution in [3.63, 3.8) is 0 Å². The maximum Gasteiger partial charge on any atom is 0.310 e. The molecule has 0 saturated heterocycles. The molecule has 0 unspecified atom stereocenters. The van der Waals surface area contributed by atoms with E-state index in [1.807, 2.05) is 40.1 Å². The number of aromatic nitrogens is 2. The Morgan fingerprint density at radius 1 is 1.16 bits per heavy atom. The number of imidazole rings is 1. The summed E-state index contributed by atoms with van der Waals surface area (Å²) < 4.78 is 8.07. The third-order valence-corrected chi connectivity index (χ3v) is 6.09. The van der Waals surface area contributed by atoms with E-state index < -0.39 is 11.9 Å². The molecule has 160 valence electrons. The molecule has 1 N–H and O–H groups in total. The Morgan fingerprint density at radius 3 is 2.62 bits per heavy atom. The molecule has 0 fully saturated rings. The van der Waals surface area contributed by atoms with Crippen molar-refractivity contribution < 1.29 is 14.3 Å². The molecule has 0 radical (unpaired) electrons. The van der Waals surface area contributed by atoms with Gasteiger partial charge in [-0.05, 0) is 35.4 Å². The first kappa shape index (κ1) is 21.7. The van der Waals surface area contributed by atoms with Crippen LogP contribution < -0.4 is 5.32 Å². The molecule has 9 heteroatoms. The highest BCUT2D eigenvalue weighted by Crippen LogP contribution is 2.28. The molecule has 0 aliphatic carbocycles. The number of ether oxygens (including phenoxy) is 1. The van der Waals surface area contributed by atoms with Crippen LogP contribution in [0.3, 0.4) is 0 Å². The minimum atomic E-state index is -0.507. The van der Waals surface area contributed by atoms with E-state index in [-0.39, 0.29) is 19.6 Å². The van der Waals surface area contributed by atoms with Crippen molar-refractivity contribution in [3.8, 4) is 17.3 Å². The van der Waals surface area contributed by atoms with Gasteiger partial charge in [0.25, 0.3) is 5.91 Å². The number of hydrogen-bond donors (Lipinski definition) is 1. The lowest BCUT2D eigenvalue weighted by molar-refractivity contribution is -0.147. The summed E-state index contributed by atoms with van der Waals surface area (Å²) >= 11 is 4.97. The lowest BCUT2D eigenvalue weighted by atomic mass is 10.1. The van der Waals surface area contributed by atoms with E-state index >= 15 is 0 Å². The number of nitriles is 1. The molecule has 0 aliphatic heterocycles. The van der Waals surface area contributed by atoms with Gasteiger partial charge in [0.2, 0.25) is 0 Å². The van der Waals surface area contributed by atoms with E-state index in [9.17, 15) is 9.59 Å². The van der Waals surface area contributed by atoms with E-state index in [2.05, 4.69) is 26.2 Å². The fourth-order valence-corrected chi connectivity index (χ4v) is 4.27. The Hall–Kier alpha value is -3.48. The second-order valence-corrected chi connectivity index (χ2v) is 8.67. The van der Waals surface area contributed by atoms with Gasteiger partial charge in [0.1, 0.15) is 0 Å². The number of amides is 1. The number of halogens is 1. The maximum atomic E-state index is 12.2. The molecule has 7 nitrogen and oxygen atoms in total. The van der Waals surface area contributed by atoms with Crippen LogP contribution in [0.2, 0.25) is 0 Å². The molecular formula is C23H17BrN4O3S. The van der Waals surface area contributed by atoms with Crippen molar-refractivity contribution in [2.24, 2.45) is 0 Å². The second kappa shape index (κ2) is 9.77. The Labute approximate surface area is 196 Å². The van der Waals surface area contributed by atoms with E-state index in [0.29, 0.717) is 11.1 Å². The highest BCUT2D eigenvalue weighted by atomic mass is 79.9. The summed E-state index contributed by atoms with van der Waals surface area (Å²) in [4.78, 5) is 29.4. The van der Waals surface area contributed by atoms with Crippen molar-refractivity contribution >= 4 is 44.1 Å². The highest BCUT2D eigenvalue weighted by Gasteiger charge is 2.14. The fourth-order valence-electron chi connectivity index (χ4n) is 3.11. The van der Waals surface area contributed by atoms with Crippen LogP contribution in [0.5, 0.6) is 0 Å². The molecule has 0 spiro atoms. The Morgan fingerprint density at radius 2 is 1.91 bits per heavy atom. The topological polar surface area (TPSA) is 96.5 Å². The van der Waals surface area contributed by atoms with E-state index in [1.165, 1.54) is 11.3 Å². The normalized spacial score (nSPS) is 10.6. The lowest BCUT2D eigenvalue weighted by Gasteiger charge is -2.08. The minimum absolute atomic E-state index is 0.0354. The predicted molar refractivity (Wildman–Crippen MR) is 124 cm³/mol. The SMILES string of the molecule is N#Cc1ccc(CC(=O)OCC(=O)NCc2cnc3scc(-c4ccc(Br)cc4)n23)cc1. The van der Waals surface area contributed by atoms with Gasteiger partial charge in [0.15, 0.2) is 11.6 Å². The molecule has 4 rings (SSSR count). The van der Waals surface area contributed by atoms with Crippen LogP contribution in [0.1, 0.15) is 16.8 Å². The molecule has 2 aromatic carbocycles. The summed E-state index contributed by atoms with van der Waals surface area (Å²) in [6.07, 6.45) is 1.76. The zero-order valence-corrected chi connectivity index (χ0v) is 19.1. The largest absolute Gasteiger partial charge is 0.455 e. The molecule has 0 aliphatic rings. The van der Waals surface area contributed by atoms with Gasteiger partial charge in [-0.15, -0.1) is 11.3 Å².